The molecule has 1 aliphatic rings. The summed E-state index contributed by atoms with van der Waals surface area (Å²) in [5.74, 6) is -1.17. The summed E-state index contributed by atoms with van der Waals surface area (Å²) in [5.41, 5.74) is 1.91. The predicted octanol–water partition coefficient (Wildman–Crippen LogP) is 6.35. The second-order valence-corrected chi connectivity index (χ2v) is 11.3. The fourth-order valence-corrected chi connectivity index (χ4v) is 6.32. The van der Waals surface area contributed by atoms with Gasteiger partial charge in [-0.25, -0.2) is 4.79 Å². The third-order valence-corrected chi connectivity index (χ3v) is 8.67. The number of anilines is 3. The van der Waals surface area contributed by atoms with Gasteiger partial charge in [0.15, 0.2) is 0 Å². The van der Waals surface area contributed by atoms with Crippen LogP contribution < -0.4 is 16.0 Å². The number of para-hydroxylation sites is 1. The number of carbonyl (C=O) groups is 4. The zero-order valence-corrected chi connectivity index (χ0v) is 23.5. The fourth-order valence-electron chi connectivity index (χ4n) is 4.46. The van der Waals surface area contributed by atoms with Crippen LogP contribution in [0.3, 0.4) is 0 Å². The van der Waals surface area contributed by atoms with Gasteiger partial charge >= 0.3 is 5.97 Å². The Hall–Kier alpha value is -3.63. The molecule has 39 heavy (non-hydrogen) atoms. The van der Waals surface area contributed by atoms with Crippen LogP contribution in [-0.2, 0) is 14.3 Å². The lowest BCUT2D eigenvalue weighted by Gasteiger charge is -2.20. The molecule has 1 fully saturated rings. The number of rotatable bonds is 9. The van der Waals surface area contributed by atoms with Crippen LogP contribution in [0.2, 0.25) is 0 Å². The molecular formula is C29H31N3O5S2. The Morgan fingerprint density at radius 3 is 2.36 bits per heavy atom. The third kappa shape index (κ3) is 7.48. The molecule has 3 aromatic rings. The molecule has 0 saturated heterocycles. The van der Waals surface area contributed by atoms with Crippen LogP contribution in [0, 0.1) is 12.8 Å². The van der Waals surface area contributed by atoms with E-state index in [1.165, 1.54) is 25.3 Å². The van der Waals surface area contributed by atoms with E-state index in [0.717, 1.165) is 41.9 Å². The number of ether oxygens (including phenoxy) is 1. The van der Waals surface area contributed by atoms with E-state index in [9.17, 15) is 19.2 Å². The first-order chi connectivity index (χ1) is 18.9. The van der Waals surface area contributed by atoms with E-state index in [1.54, 1.807) is 31.2 Å². The standard InChI is InChI=1S/C29H31N3O5S2/c1-18-24(29(36)37-2)28(39-25(18)27(35)30-20-12-7-4-8-13-20)32-23(33)17-38-22-15-9-14-21(16-22)31-26(34)19-10-5-3-6-11-19/h4,7-9,12-16,19H,3,5-6,10-11,17H2,1-2H3,(H,30,35)(H,31,34)(H,32,33). The average molecular weight is 566 g/mol. The molecule has 0 radical (unpaired) electrons. The smallest absolute Gasteiger partial charge is 0.341 e. The van der Waals surface area contributed by atoms with E-state index in [4.69, 9.17) is 4.74 Å². The molecular weight excluding hydrogens is 534 g/mol. The summed E-state index contributed by atoms with van der Waals surface area (Å²) in [5, 5.41) is 8.85. The van der Waals surface area contributed by atoms with Crippen LogP contribution in [0.4, 0.5) is 16.4 Å². The second kappa shape index (κ2) is 13.4. The monoisotopic (exact) mass is 565 g/mol. The molecule has 3 N–H and O–H groups in total. The molecule has 1 heterocycles. The van der Waals surface area contributed by atoms with E-state index < -0.39 is 5.97 Å². The van der Waals surface area contributed by atoms with E-state index in [2.05, 4.69) is 16.0 Å². The van der Waals surface area contributed by atoms with Gasteiger partial charge in [0, 0.05) is 22.2 Å². The maximum absolute atomic E-state index is 12.9. The number of amides is 3. The Bertz CT molecular complexity index is 1350. The number of thiophene rings is 1. The molecule has 3 amide bonds. The van der Waals surface area contributed by atoms with Crippen LogP contribution in [0.5, 0.6) is 0 Å². The van der Waals surface area contributed by atoms with Gasteiger partial charge in [0.1, 0.15) is 5.00 Å². The van der Waals surface area contributed by atoms with Gasteiger partial charge in [-0.3, -0.25) is 14.4 Å². The molecule has 1 saturated carbocycles. The molecule has 10 heteroatoms. The van der Waals surface area contributed by atoms with Gasteiger partial charge in [-0.05, 0) is 55.7 Å². The van der Waals surface area contributed by atoms with Crippen molar-refractivity contribution in [1.82, 2.24) is 0 Å². The number of nitrogens with one attached hydrogen (secondary N) is 3. The summed E-state index contributed by atoms with van der Waals surface area (Å²) in [6.45, 7) is 1.65. The lowest BCUT2D eigenvalue weighted by atomic mass is 9.88. The lowest BCUT2D eigenvalue weighted by Crippen LogP contribution is -2.24. The number of esters is 1. The molecule has 0 spiro atoms. The molecule has 0 bridgehead atoms. The number of benzene rings is 2. The largest absolute Gasteiger partial charge is 0.465 e. The highest BCUT2D eigenvalue weighted by Crippen LogP contribution is 2.35. The van der Waals surface area contributed by atoms with Crippen LogP contribution >= 0.6 is 23.1 Å². The quantitative estimate of drug-likeness (QED) is 0.206. The molecule has 204 valence electrons. The molecule has 1 aromatic heterocycles. The van der Waals surface area contributed by atoms with Gasteiger partial charge < -0.3 is 20.7 Å². The molecule has 0 aliphatic heterocycles. The van der Waals surface area contributed by atoms with Crippen molar-refractivity contribution in [1.29, 1.82) is 0 Å². The van der Waals surface area contributed by atoms with Crippen molar-refractivity contribution >= 4 is 63.2 Å². The van der Waals surface area contributed by atoms with E-state index in [1.807, 2.05) is 30.3 Å². The van der Waals surface area contributed by atoms with Crippen LogP contribution in [0.15, 0.2) is 59.5 Å². The summed E-state index contributed by atoms with van der Waals surface area (Å²) in [6, 6.07) is 16.4. The Morgan fingerprint density at radius 1 is 0.923 bits per heavy atom. The molecule has 0 atom stereocenters. The maximum atomic E-state index is 12.9. The summed E-state index contributed by atoms with van der Waals surface area (Å²) in [7, 11) is 1.25. The van der Waals surface area contributed by atoms with E-state index in [0.29, 0.717) is 21.8 Å². The predicted molar refractivity (Wildman–Crippen MR) is 156 cm³/mol. The van der Waals surface area contributed by atoms with Crippen molar-refractivity contribution in [3.8, 4) is 0 Å². The van der Waals surface area contributed by atoms with E-state index in [-0.39, 0.29) is 40.0 Å². The maximum Gasteiger partial charge on any atom is 0.341 e. The van der Waals surface area contributed by atoms with Crippen molar-refractivity contribution < 1.29 is 23.9 Å². The Labute approximate surface area is 235 Å². The SMILES string of the molecule is COC(=O)c1c(NC(=O)CSc2cccc(NC(=O)C3CCCCC3)c2)sc(C(=O)Nc2ccccc2)c1C. The summed E-state index contributed by atoms with van der Waals surface area (Å²) < 4.78 is 4.91. The zero-order chi connectivity index (χ0) is 27.8. The summed E-state index contributed by atoms with van der Waals surface area (Å²) in [4.78, 5) is 52.0. The fraction of sp³-hybridized carbons (Fsp3) is 0.310. The minimum absolute atomic E-state index is 0.0464. The molecule has 2 aromatic carbocycles. The zero-order valence-electron chi connectivity index (χ0n) is 21.9. The first-order valence-corrected chi connectivity index (χ1v) is 14.6. The van der Waals surface area contributed by atoms with Crippen LogP contribution in [0.1, 0.15) is 57.7 Å². The molecule has 4 rings (SSSR count). The third-order valence-electron chi connectivity index (χ3n) is 6.47. The molecule has 1 aliphatic carbocycles. The lowest BCUT2D eigenvalue weighted by molar-refractivity contribution is -0.120. The first kappa shape index (κ1) is 28.4. The summed E-state index contributed by atoms with van der Waals surface area (Å²) in [6.07, 6.45) is 5.21. The molecule has 0 unspecified atom stereocenters. The topological polar surface area (TPSA) is 114 Å². The Morgan fingerprint density at radius 2 is 1.64 bits per heavy atom. The van der Waals surface area contributed by atoms with Gasteiger partial charge in [-0.1, -0.05) is 43.5 Å². The highest BCUT2D eigenvalue weighted by atomic mass is 32.2. The van der Waals surface area contributed by atoms with Crippen molar-refractivity contribution in [2.24, 2.45) is 5.92 Å². The van der Waals surface area contributed by atoms with Gasteiger partial charge in [0.05, 0.1) is 23.3 Å². The van der Waals surface area contributed by atoms with Gasteiger partial charge in [-0.15, -0.1) is 23.1 Å². The van der Waals surface area contributed by atoms with E-state index >= 15 is 0 Å². The molecule has 8 nitrogen and oxygen atoms in total. The van der Waals surface area contributed by atoms with Gasteiger partial charge in [0.2, 0.25) is 11.8 Å². The average Bonchev–Trinajstić information content (AvgIpc) is 3.28. The highest BCUT2D eigenvalue weighted by Gasteiger charge is 2.26. The minimum Gasteiger partial charge on any atom is -0.465 e. The van der Waals surface area contributed by atoms with Crippen molar-refractivity contribution in [3.05, 3.63) is 70.6 Å². The first-order valence-electron chi connectivity index (χ1n) is 12.8. The van der Waals surface area contributed by atoms with Crippen molar-refractivity contribution in [2.45, 2.75) is 43.9 Å². The minimum atomic E-state index is -0.633. The Balaban J connectivity index is 1.40. The number of methoxy groups -OCH3 is 1. The Kier molecular flexibility index (Phi) is 9.78. The number of thioether (sulfide) groups is 1. The number of carbonyl (C=O) groups excluding carboxylic acids is 4. The van der Waals surface area contributed by atoms with Gasteiger partial charge in [0.25, 0.3) is 5.91 Å². The van der Waals surface area contributed by atoms with Gasteiger partial charge in [-0.2, -0.15) is 0 Å². The number of hydrogen-bond acceptors (Lipinski definition) is 7. The highest BCUT2D eigenvalue weighted by molar-refractivity contribution is 8.00. The second-order valence-electron chi connectivity index (χ2n) is 9.26. The van der Waals surface area contributed by atoms with Crippen molar-refractivity contribution in [3.63, 3.8) is 0 Å². The number of hydrogen-bond donors (Lipinski definition) is 3. The van der Waals surface area contributed by atoms with Crippen molar-refractivity contribution in [2.75, 3.05) is 28.8 Å². The van der Waals surface area contributed by atoms with Crippen LogP contribution in [-0.4, -0.2) is 36.6 Å². The normalized spacial score (nSPS) is 13.4. The van der Waals surface area contributed by atoms with Crippen LogP contribution in [0.25, 0.3) is 0 Å². The summed E-state index contributed by atoms with van der Waals surface area (Å²) >= 11 is 2.34.